The zero-order valence-electron chi connectivity index (χ0n) is 7.86. The molecule has 0 amide bonds. The molecule has 6 heteroatoms. The van der Waals surface area contributed by atoms with Gasteiger partial charge in [0, 0.05) is 7.11 Å². The second-order valence-corrected chi connectivity index (χ2v) is 2.53. The Balaban J connectivity index is 2.49. The van der Waals surface area contributed by atoms with Gasteiger partial charge in [0.25, 0.3) is 0 Å². The molecule has 14 heavy (non-hydrogen) atoms. The molecule has 0 aliphatic rings. The van der Waals surface area contributed by atoms with Crippen molar-refractivity contribution in [2.24, 2.45) is 0 Å². The van der Waals surface area contributed by atoms with Gasteiger partial charge in [-0.3, -0.25) is 0 Å². The summed E-state index contributed by atoms with van der Waals surface area (Å²) >= 11 is 0. The van der Waals surface area contributed by atoms with E-state index in [4.69, 9.17) is 4.74 Å². The van der Waals surface area contributed by atoms with Crippen LogP contribution in [0.3, 0.4) is 0 Å². The summed E-state index contributed by atoms with van der Waals surface area (Å²) < 4.78 is 18.4. The zero-order valence-corrected chi connectivity index (χ0v) is 7.86. The highest BCUT2D eigenvalue weighted by atomic mass is 16.6. The van der Waals surface area contributed by atoms with Crippen LogP contribution >= 0.6 is 0 Å². The van der Waals surface area contributed by atoms with E-state index in [0.717, 1.165) is 0 Å². The summed E-state index contributed by atoms with van der Waals surface area (Å²) in [7, 11) is 1.38. The number of hydrogen-bond donors (Lipinski definition) is 0. The average Bonchev–Trinajstić information content (AvgIpc) is 2.42. The highest BCUT2D eigenvalue weighted by Gasteiger charge is 2.10. The van der Waals surface area contributed by atoms with Crippen molar-refractivity contribution in [2.45, 2.75) is 13.5 Å². The molecule has 1 aromatic rings. The second-order valence-electron chi connectivity index (χ2n) is 2.53. The van der Waals surface area contributed by atoms with Gasteiger partial charge >= 0.3 is 11.8 Å². The van der Waals surface area contributed by atoms with Crippen molar-refractivity contribution < 1.29 is 23.1 Å². The first-order valence-electron chi connectivity index (χ1n) is 3.87. The molecule has 0 spiro atoms. The fourth-order valence-electron chi connectivity index (χ4n) is 0.812. The third-order valence-corrected chi connectivity index (χ3v) is 1.46. The SMILES string of the molecule is COCC(=O)OCc1oc(=O)oc1C. The molecule has 0 N–H and O–H groups in total. The van der Waals surface area contributed by atoms with Gasteiger partial charge in [-0.15, -0.1) is 0 Å². The summed E-state index contributed by atoms with van der Waals surface area (Å²) in [4.78, 5) is 21.4. The van der Waals surface area contributed by atoms with Gasteiger partial charge in [0.1, 0.15) is 6.61 Å². The lowest BCUT2D eigenvalue weighted by Gasteiger charge is -2.00. The van der Waals surface area contributed by atoms with E-state index in [-0.39, 0.29) is 19.0 Å². The van der Waals surface area contributed by atoms with Crippen LogP contribution < -0.4 is 5.82 Å². The van der Waals surface area contributed by atoms with E-state index < -0.39 is 11.8 Å². The molecule has 0 bridgehead atoms. The minimum atomic E-state index is -0.805. The first-order chi connectivity index (χ1) is 6.63. The fraction of sp³-hybridized carbons (Fsp3) is 0.500. The van der Waals surface area contributed by atoms with Crippen molar-refractivity contribution in [1.29, 1.82) is 0 Å². The van der Waals surface area contributed by atoms with Crippen LogP contribution in [0.4, 0.5) is 0 Å². The average molecular weight is 202 g/mol. The minimum Gasteiger partial charge on any atom is -0.456 e. The number of methoxy groups -OCH3 is 1. The summed E-state index contributed by atoms with van der Waals surface area (Å²) in [5.41, 5.74) is 0. The number of ether oxygens (including phenoxy) is 2. The molecule has 0 aliphatic heterocycles. The summed E-state index contributed by atoms with van der Waals surface area (Å²) in [6.45, 7) is 1.28. The Labute approximate surface area is 79.4 Å². The van der Waals surface area contributed by atoms with Crippen LogP contribution in [0, 0.1) is 6.92 Å². The lowest BCUT2D eigenvalue weighted by atomic mass is 10.4. The van der Waals surface area contributed by atoms with Crippen molar-refractivity contribution in [3.05, 3.63) is 22.1 Å². The Morgan fingerprint density at radius 3 is 2.64 bits per heavy atom. The van der Waals surface area contributed by atoms with E-state index in [1.165, 1.54) is 7.11 Å². The van der Waals surface area contributed by atoms with E-state index in [1.807, 2.05) is 0 Å². The van der Waals surface area contributed by atoms with Crippen molar-refractivity contribution in [2.75, 3.05) is 13.7 Å². The number of esters is 1. The van der Waals surface area contributed by atoms with Crippen LogP contribution in [-0.4, -0.2) is 19.7 Å². The first kappa shape index (κ1) is 10.5. The molecule has 0 atom stereocenters. The predicted octanol–water partition coefficient (Wildman–Crippen LogP) is 0.231. The summed E-state index contributed by atoms with van der Waals surface area (Å²) in [6, 6.07) is 0. The minimum absolute atomic E-state index is 0.125. The van der Waals surface area contributed by atoms with Crippen molar-refractivity contribution in [1.82, 2.24) is 0 Å². The standard InChI is InChI=1S/C8H10O6/c1-5-6(14-8(10)13-5)3-12-7(9)4-11-2/h3-4H2,1-2H3. The van der Waals surface area contributed by atoms with Crippen molar-refractivity contribution >= 4 is 5.97 Å². The van der Waals surface area contributed by atoms with Gasteiger partial charge < -0.3 is 18.3 Å². The third kappa shape index (κ3) is 2.74. The van der Waals surface area contributed by atoms with Gasteiger partial charge in [-0.1, -0.05) is 0 Å². The van der Waals surface area contributed by atoms with Crippen LogP contribution in [-0.2, 0) is 20.9 Å². The monoisotopic (exact) mass is 202 g/mol. The van der Waals surface area contributed by atoms with Crippen LogP contribution in [0.1, 0.15) is 11.5 Å². The maximum absolute atomic E-state index is 10.8. The quantitative estimate of drug-likeness (QED) is 0.650. The number of rotatable bonds is 4. The highest BCUT2D eigenvalue weighted by Crippen LogP contribution is 2.06. The molecule has 0 radical (unpaired) electrons. The lowest BCUT2D eigenvalue weighted by Crippen LogP contribution is -2.10. The second kappa shape index (κ2) is 4.61. The molecule has 78 valence electrons. The predicted molar refractivity (Wildman–Crippen MR) is 43.7 cm³/mol. The van der Waals surface area contributed by atoms with Crippen molar-refractivity contribution in [3.8, 4) is 0 Å². The Hall–Kier alpha value is -1.56. The van der Waals surface area contributed by atoms with Crippen molar-refractivity contribution in [3.63, 3.8) is 0 Å². The number of aryl methyl sites for hydroxylation is 1. The number of carbonyl (C=O) groups is 1. The van der Waals surface area contributed by atoms with Gasteiger partial charge in [0.05, 0.1) is 0 Å². The molecular formula is C8H10O6. The molecule has 0 fully saturated rings. The van der Waals surface area contributed by atoms with Gasteiger partial charge in [-0.25, -0.2) is 9.59 Å². The summed E-state index contributed by atoms with van der Waals surface area (Å²) in [5, 5.41) is 0. The molecule has 6 nitrogen and oxygen atoms in total. The fourth-order valence-corrected chi connectivity index (χ4v) is 0.812. The Bertz CT molecular complexity index is 360. The summed E-state index contributed by atoms with van der Waals surface area (Å²) in [5.74, 6) is -0.823. The van der Waals surface area contributed by atoms with E-state index in [0.29, 0.717) is 5.76 Å². The van der Waals surface area contributed by atoms with E-state index >= 15 is 0 Å². The van der Waals surface area contributed by atoms with Crippen LogP contribution in [0.25, 0.3) is 0 Å². The molecule has 1 heterocycles. The van der Waals surface area contributed by atoms with Crippen LogP contribution in [0.5, 0.6) is 0 Å². The Kier molecular flexibility index (Phi) is 3.47. The zero-order chi connectivity index (χ0) is 10.6. The Morgan fingerprint density at radius 1 is 1.43 bits per heavy atom. The largest absolute Gasteiger partial charge is 0.519 e. The molecule has 0 saturated carbocycles. The van der Waals surface area contributed by atoms with Crippen LogP contribution in [0.15, 0.2) is 13.6 Å². The van der Waals surface area contributed by atoms with Gasteiger partial charge in [0.2, 0.25) is 0 Å². The maximum atomic E-state index is 10.8. The smallest absolute Gasteiger partial charge is 0.456 e. The molecule has 0 unspecified atom stereocenters. The van der Waals surface area contributed by atoms with Gasteiger partial charge in [-0.2, -0.15) is 0 Å². The third-order valence-electron chi connectivity index (χ3n) is 1.46. The molecule has 0 aromatic carbocycles. The number of hydrogen-bond acceptors (Lipinski definition) is 6. The van der Waals surface area contributed by atoms with E-state index in [2.05, 4.69) is 13.6 Å². The van der Waals surface area contributed by atoms with E-state index in [1.54, 1.807) is 6.92 Å². The lowest BCUT2D eigenvalue weighted by molar-refractivity contribution is -0.149. The molecule has 0 saturated heterocycles. The summed E-state index contributed by atoms with van der Waals surface area (Å²) in [6.07, 6.45) is 0. The van der Waals surface area contributed by atoms with Gasteiger partial charge in [-0.05, 0) is 6.92 Å². The molecule has 0 aliphatic carbocycles. The van der Waals surface area contributed by atoms with Crippen LogP contribution in [0.2, 0.25) is 0 Å². The van der Waals surface area contributed by atoms with Gasteiger partial charge in [0.15, 0.2) is 18.1 Å². The molecule has 1 rings (SSSR count). The Morgan fingerprint density at radius 2 is 2.14 bits per heavy atom. The molecule has 1 aromatic heterocycles. The first-order valence-corrected chi connectivity index (χ1v) is 3.87. The normalized spacial score (nSPS) is 10.1. The highest BCUT2D eigenvalue weighted by molar-refractivity contribution is 5.70. The topological polar surface area (TPSA) is 78.9 Å². The van der Waals surface area contributed by atoms with E-state index in [9.17, 15) is 9.59 Å². The molecular weight excluding hydrogens is 192 g/mol. The maximum Gasteiger partial charge on any atom is 0.519 e. The number of carbonyl (C=O) groups excluding carboxylic acids is 1.